The second kappa shape index (κ2) is 7.78. The molecule has 1 aromatic heterocycles. The number of thiazole rings is 1. The van der Waals surface area contributed by atoms with Gasteiger partial charge >= 0.3 is 0 Å². The molecular formula is C24H21N3OS. The summed E-state index contributed by atoms with van der Waals surface area (Å²) in [6, 6.07) is 25.3. The van der Waals surface area contributed by atoms with Gasteiger partial charge in [0.15, 0.2) is 5.13 Å². The second-order valence-electron chi connectivity index (χ2n) is 7.32. The van der Waals surface area contributed by atoms with Gasteiger partial charge in [0.2, 0.25) is 5.91 Å². The fourth-order valence-electron chi connectivity index (χ4n) is 3.73. The van der Waals surface area contributed by atoms with Crippen LogP contribution in [-0.4, -0.2) is 24.0 Å². The summed E-state index contributed by atoms with van der Waals surface area (Å²) in [5.41, 5.74) is 5.66. The molecule has 0 radical (unpaired) electrons. The van der Waals surface area contributed by atoms with Crippen molar-refractivity contribution in [2.45, 2.75) is 6.42 Å². The van der Waals surface area contributed by atoms with E-state index in [0.717, 1.165) is 35.3 Å². The van der Waals surface area contributed by atoms with Crippen molar-refractivity contribution >= 4 is 32.6 Å². The van der Waals surface area contributed by atoms with Gasteiger partial charge in [0.25, 0.3) is 0 Å². The molecule has 1 saturated heterocycles. The van der Waals surface area contributed by atoms with Crippen LogP contribution in [0.1, 0.15) is 6.42 Å². The van der Waals surface area contributed by atoms with E-state index in [1.54, 1.807) is 0 Å². The molecule has 144 valence electrons. The summed E-state index contributed by atoms with van der Waals surface area (Å²) in [6.45, 7) is 1.66. The number of aromatic nitrogens is 1. The van der Waals surface area contributed by atoms with Crippen molar-refractivity contribution in [3.63, 3.8) is 0 Å². The number of hydrogen-bond donors (Lipinski definition) is 2. The lowest BCUT2D eigenvalue weighted by Crippen LogP contribution is -2.24. The number of fused-ring (bicyclic) bond motifs is 1. The number of hydrogen-bond acceptors (Lipinski definition) is 4. The molecule has 0 spiro atoms. The lowest BCUT2D eigenvalue weighted by atomic mass is 10.0. The van der Waals surface area contributed by atoms with E-state index in [1.165, 1.54) is 28.0 Å². The maximum atomic E-state index is 12.3. The van der Waals surface area contributed by atoms with Gasteiger partial charge in [-0.25, -0.2) is 4.98 Å². The maximum Gasteiger partial charge on any atom is 0.230 e. The van der Waals surface area contributed by atoms with Crippen molar-refractivity contribution in [3.05, 3.63) is 72.8 Å². The van der Waals surface area contributed by atoms with Crippen molar-refractivity contribution < 1.29 is 4.79 Å². The van der Waals surface area contributed by atoms with E-state index in [9.17, 15) is 4.79 Å². The molecular weight excluding hydrogens is 378 g/mol. The third-order valence-corrected chi connectivity index (χ3v) is 6.31. The lowest BCUT2D eigenvalue weighted by Gasteiger charge is -2.06. The first-order chi connectivity index (χ1) is 14.3. The Hall–Kier alpha value is -3.02. The van der Waals surface area contributed by atoms with Gasteiger partial charge < -0.3 is 10.6 Å². The molecule has 5 heteroatoms. The number of nitrogens with one attached hydrogen (secondary N) is 2. The Morgan fingerprint density at radius 2 is 1.62 bits per heavy atom. The topological polar surface area (TPSA) is 54.0 Å². The van der Waals surface area contributed by atoms with Crippen LogP contribution in [0.4, 0.5) is 5.13 Å². The summed E-state index contributed by atoms with van der Waals surface area (Å²) in [7, 11) is 0. The van der Waals surface area contributed by atoms with Crippen molar-refractivity contribution in [1.29, 1.82) is 0 Å². The Morgan fingerprint density at radius 3 is 2.34 bits per heavy atom. The zero-order valence-electron chi connectivity index (χ0n) is 15.9. The van der Waals surface area contributed by atoms with E-state index in [2.05, 4.69) is 76.3 Å². The molecule has 0 saturated carbocycles. The molecule has 4 aromatic rings. The summed E-state index contributed by atoms with van der Waals surface area (Å²) >= 11 is 1.53. The highest BCUT2D eigenvalue weighted by molar-refractivity contribution is 7.22. The third-order valence-electron chi connectivity index (χ3n) is 5.38. The number of carbonyl (C=O) groups is 1. The molecule has 4 nitrogen and oxygen atoms in total. The van der Waals surface area contributed by atoms with E-state index >= 15 is 0 Å². The number of carbonyl (C=O) groups excluding carboxylic acids is 1. The first kappa shape index (κ1) is 18.0. The van der Waals surface area contributed by atoms with Crippen LogP contribution in [0.2, 0.25) is 0 Å². The van der Waals surface area contributed by atoms with Crippen LogP contribution < -0.4 is 10.6 Å². The number of nitrogens with zero attached hydrogens (tertiary/aromatic N) is 1. The summed E-state index contributed by atoms with van der Waals surface area (Å²) in [5, 5.41) is 6.89. The van der Waals surface area contributed by atoms with Gasteiger partial charge in [-0.1, -0.05) is 72.0 Å². The molecule has 1 aliphatic rings. The normalized spacial score (nSPS) is 16.2. The third kappa shape index (κ3) is 3.79. The van der Waals surface area contributed by atoms with Crippen LogP contribution in [0.3, 0.4) is 0 Å². The Labute approximate surface area is 173 Å². The van der Waals surface area contributed by atoms with E-state index < -0.39 is 0 Å². The van der Waals surface area contributed by atoms with Gasteiger partial charge in [0, 0.05) is 6.54 Å². The molecule has 1 amide bonds. The van der Waals surface area contributed by atoms with Crippen molar-refractivity contribution in [3.8, 4) is 22.3 Å². The average Bonchev–Trinajstić information content (AvgIpc) is 3.44. The molecule has 1 unspecified atom stereocenters. The standard InChI is InChI=1S/C24H21N3OS/c28-23(20-12-13-25-15-20)27-24-26-21-11-10-19(14-22(21)29-24)18-8-6-17(7-9-18)16-4-2-1-3-5-16/h1-11,14,20,25H,12-13,15H2,(H,26,27,28). The zero-order chi connectivity index (χ0) is 19.6. The average molecular weight is 400 g/mol. The van der Waals surface area contributed by atoms with Gasteiger partial charge in [-0.15, -0.1) is 0 Å². The summed E-state index contributed by atoms with van der Waals surface area (Å²) in [6.07, 6.45) is 0.889. The number of amides is 1. The highest BCUT2D eigenvalue weighted by Crippen LogP contribution is 2.32. The summed E-state index contributed by atoms with van der Waals surface area (Å²) in [5.74, 6) is 0.103. The molecule has 2 heterocycles. The maximum absolute atomic E-state index is 12.3. The Balaban J connectivity index is 1.37. The largest absolute Gasteiger partial charge is 0.316 e. The fourth-order valence-corrected chi connectivity index (χ4v) is 4.64. The van der Waals surface area contributed by atoms with Crippen LogP contribution >= 0.6 is 11.3 Å². The first-order valence-electron chi connectivity index (χ1n) is 9.84. The molecule has 29 heavy (non-hydrogen) atoms. The van der Waals surface area contributed by atoms with E-state index in [0.29, 0.717) is 5.13 Å². The van der Waals surface area contributed by atoms with Crippen molar-refractivity contribution in [2.75, 3.05) is 18.4 Å². The Morgan fingerprint density at radius 1 is 0.931 bits per heavy atom. The Kier molecular flexibility index (Phi) is 4.84. The Bertz CT molecular complexity index is 1150. The molecule has 2 N–H and O–H groups in total. The minimum atomic E-state index is 0.0423. The first-order valence-corrected chi connectivity index (χ1v) is 10.7. The van der Waals surface area contributed by atoms with Crippen LogP contribution in [0.15, 0.2) is 72.8 Å². The predicted molar refractivity (Wildman–Crippen MR) is 120 cm³/mol. The highest BCUT2D eigenvalue weighted by atomic mass is 32.1. The molecule has 0 aliphatic carbocycles. The quantitative estimate of drug-likeness (QED) is 0.497. The zero-order valence-corrected chi connectivity index (χ0v) is 16.7. The summed E-state index contributed by atoms with van der Waals surface area (Å²) < 4.78 is 1.08. The van der Waals surface area contributed by atoms with Crippen LogP contribution in [0.25, 0.3) is 32.5 Å². The number of rotatable bonds is 4. The van der Waals surface area contributed by atoms with Crippen LogP contribution in [0, 0.1) is 5.92 Å². The second-order valence-corrected chi connectivity index (χ2v) is 8.35. The van der Waals surface area contributed by atoms with E-state index in [4.69, 9.17) is 0 Å². The van der Waals surface area contributed by atoms with E-state index in [1.807, 2.05) is 12.1 Å². The molecule has 0 bridgehead atoms. The van der Waals surface area contributed by atoms with Gasteiger partial charge in [0.1, 0.15) is 0 Å². The highest BCUT2D eigenvalue weighted by Gasteiger charge is 2.23. The number of anilines is 1. The van der Waals surface area contributed by atoms with Crippen LogP contribution in [0.5, 0.6) is 0 Å². The summed E-state index contributed by atoms with van der Waals surface area (Å²) in [4.78, 5) is 16.9. The monoisotopic (exact) mass is 399 g/mol. The molecule has 1 fully saturated rings. The van der Waals surface area contributed by atoms with Gasteiger partial charge in [-0.05, 0) is 47.4 Å². The minimum Gasteiger partial charge on any atom is -0.316 e. The molecule has 5 rings (SSSR count). The molecule has 1 aliphatic heterocycles. The van der Waals surface area contributed by atoms with Gasteiger partial charge in [-0.3, -0.25) is 4.79 Å². The van der Waals surface area contributed by atoms with Crippen LogP contribution in [-0.2, 0) is 4.79 Å². The predicted octanol–water partition coefficient (Wildman–Crippen LogP) is 5.18. The molecule has 3 aromatic carbocycles. The fraction of sp³-hybridized carbons (Fsp3) is 0.167. The van der Waals surface area contributed by atoms with Crippen molar-refractivity contribution in [1.82, 2.24) is 10.3 Å². The van der Waals surface area contributed by atoms with Crippen molar-refractivity contribution in [2.24, 2.45) is 5.92 Å². The van der Waals surface area contributed by atoms with E-state index in [-0.39, 0.29) is 11.8 Å². The number of benzene rings is 3. The smallest absolute Gasteiger partial charge is 0.230 e. The van der Waals surface area contributed by atoms with Gasteiger partial charge in [0.05, 0.1) is 16.1 Å². The minimum absolute atomic E-state index is 0.0423. The van der Waals surface area contributed by atoms with Gasteiger partial charge in [-0.2, -0.15) is 0 Å². The lowest BCUT2D eigenvalue weighted by molar-refractivity contribution is -0.119. The molecule has 1 atom stereocenters. The SMILES string of the molecule is O=C(Nc1nc2ccc(-c3ccc(-c4ccccc4)cc3)cc2s1)C1CCNC1.